The van der Waals surface area contributed by atoms with E-state index in [0.717, 1.165) is 35.0 Å². The molecule has 1 saturated heterocycles. The lowest BCUT2D eigenvalue weighted by atomic mass is 9.67. The van der Waals surface area contributed by atoms with Gasteiger partial charge in [0.2, 0.25) is 0 Å². The number of fused-ring (bicyclic) bond motifs is 4. The van der Waals surface area contributed by atoms with Crippen LogP contribution >= 0.6 is 15.9 Å². The van der Waals surface area contributed by atoms with Crippen LogP contribution in [0.15, 0.2) is 27.7 Å². The Morgan fingerprint density at radius 2 is 2.08 bits per heavy atom. The summed E-state index contributed by atoms with van der Waals surface area (Å²) in [5.41, 5.74) is 6.40. The minimum atomic E-state index is -0.533. The zero-order chi connectivity index (χ0) is 16.4. The highest BCUT2D eigenvalue weighted by Crippen LogP contribution is 2.55. The van der Waals surface area contributed by atoms with Crippen LogP contribution in [0.2, 0.25) is 0 Å². The number of hydrogen-bond acceptors (Lipinski definition) is 6. The molecule has 3 unspecified atom stereocenters. The van der Waals surface area contributed by atoms with Crippen LogP contribution in [-0.2, 0) is 19.7 Å². The summed E-state index contributed by atoms with van der Waals surface area (Å²) in [5.74, 6) is 0.464. The Morgan fingerprint density at radius 1 is 1.25 bits per heavy atom. The van der Waals surface area contributed by atoms with Crippen molar-refractivity contribution < 1.29 is 18.9 Å². The van der Waals surface area contributed by atoms with Gasteiger partial charge in [0, 0.05) is 28.8 Å². The Balaban J connectivity index is 1.63. The quantitative estimate of drug-likeness (QED) is 0.730. The molecule has 0 radical (unpaired) electrons. The lowest BCUT2D eigenvalue weighted by Gasteiger charge is -2.50. The largest absolute Gasteiger partial charge is 0.490 e. The standard InChI is InChI=1S/C17H19BrN2O4/c18-10-1-2-13-11(7-10)17(9-21-15(19)20-17)12-8-16(22-5-6-23-16)4-3-14(12)24-13/h1-2,7,12,14H,3-6,8-9H2,(H2,19,20). The number of hydrogen-bond donors (Lipinski definition) is 1. The first-order valence-corrected chi connectivity index (χ1v) is 9.12. The van der Waals surface area contributed by atoms with Gasteiger partial charge in [-0.1, -0.05) is 15.9 Å². The van der Waals surface area contributed by atoms with Crippen LogP contribution in [0.25, 0.3) is 0 Å². The van der Waals surface area contributed by atoms with E-state index >= 15 is 0 Å². The average Bonchev–Trinajstić information content (AvgIpc) is 3.18. The highest BCUT2D eigenvalue weighted by Gasteiger charge is 2.59. The van der Waals surface area contributed by atoms with Gasteiger partial charge in [-0.05, 0) is 24.6 Å². The summed E-state index contributed by atoms with van der Waals surface area (Å²) in [6.07, 6.45) is 2.52. The zero-order valence-corrected chi connectivity index (χ0v) is 14.8. The first-order chi connectivity index (χ1) is 11.6. The highest BCUT2D eigenvalue weighted by atomic mass is 79.9. The second-order valence-corrected chi connectivity index (χ2v) is 7.83. The Bertz CT molecular complexity index is 719. The molecule has 4 aliphatic rings. The lowest BCUT2D eigenvalue weighted by molar-refractivity contribution is -0.210. The maximum atomic E-state index is 6.32. The van der Waals surface area contributed by atoms with E-state index in [1.165, 1.54) is 0 Å². The van der Waals surface area contributed by atoms with E-state index in [-0.39, 0.29) is 18.0 Å². The fraction of sp³-hybridized carbons (Fsp3) is 0.588. The first-order valence-electron chi connectivity index (χ1n) is 8.33. The normalized spacial score (nSPS) is 36.0. The predicted molar refractivity (Wildman–Crippen MR) is 89.8 cm³/mol. The summed E-state index contributed by atoms with van der Waals surface area (Å²) in [5, 5.41) is 0. The fourth-order valence-electron chi connectivity index (χ4n) is 4.59. The molecule has 1 aromatic carbocycles. The first kappa shape index (κ1) is 15.0. The van der Waals surface area contributed by atoms with E-state index < -0.39 is 11.3 Å². The van der Waals surface area contributed by atoms with Crippen LogP contribution in [0.5, 0.6) is 5.75 Å². The van der Waals surface area contributed by atoms with Crippen molar-refractivity contribution in [2.45, 2.75) is 36.7 Å². The minimum Gasteiger partial charge on any atom is -0.490 e. The van der Waals surface area contributed by atoms with Gasteiger partial charge in [-0.2, -0.15) is 0 Å². The molecule has 3 aliphatic heterocycles. The summed E-state index contributed by atoms with van der Waals surface area (Å²) in [6.45, 7) is 1.73. The van der Waals surface area contributed by atoms with Gasteiger partial charge in [-0.15, -0.1) is 0 Å². The zero-order valence-electron chi connectivity index (χ0n) is 13.2. The van der Waals surface area contributed by atoms with Crippen LogP contribution in [0.3, 0.4) is 0 Å². The molecule has 1 aromatic rings. The van der Waals surface area contributed by atoms with E-state index in [0.29, 0.717) is 19.8 Å². The Kier molecular flexibility index (Phi) is 3.18. The SMILES string of the molecule is NC1=NC2(CO1)c1cc(Br)ccc1OC1CCC3(CC12)OCCO3. The molecule has 0 aromatic heterocycles. The van der Waals surface area contributed by atoms with E-state index in [9.17, 15) is 0 Å². The van der Waals surface area contributed by atoms with E-state index in [4.69, 9.17) is 29.7 Å². The second-order valence-electron chi connectivity index (χ2n) is 6.92. The predicted octanol–water partition coefficient (Wildman–Crippen LogP) is 2.29. The molecule has 1 saturated carbocycles. The summed E-state index contributed by atoms with van der Waals surface area (Å²) in [6, 6.07) is 6.29. The van der Waals surface area contributed by atoms with Gasteiger partial charge in [0.25, 0.3) is 6.02 Å². The average molecular weight is 395 g/mol. The smallest absolute Gasteiger partial charge is 0.283 e. The second kappa shape index (κ2) is 5.09. The van der Waals surface area contributed by atoms with Crippen LogP contribution in [-0.4, -0.2) is 37.7 Å². The van der Waals surface area contributed by atoms with Gasteiger partial charge in [-0.25, -0.2) is 4.99 Å². The summed E-state index contributed by atoms with van der Waals surface area (Å²) < 4.78 is 24.9. The van der Waals surface area contributed by atoms with Crippen LogP contribution < -0.4 is 10.5 Å². The van der Waals surface area contributed by atoms with Gasteiger partial charge in [0.15, 0.2) is 5.79 Å². The molecular weight excluding hydrogens is 376 g/mol. The molecule has 2 spiro atoms. The molecule has 3 atom stereocenters. The third kappa shape index (κ3) is 2.04. The van der Waals surface area contributed by atoms with Crippen molar-refractivity contribution in [1.82, 2.24) is 0 Å². The van der Waals surface area contributed by atoms with Crippen molar-refractivity contribution in [2.75, 3.05) is 19.8 Å². The number of rotatable bonds is 0. The monoisotopic (exact) mass is 394 g/mol. The Labute approximate surface area is 148 Å². The number of aliphatic imine (C=N–C) groups is 1. The topological polar surface area (TPSA) is 75.3 Å². The molecule has 3 heterocycles. The molecule has 0 amide bonds. The molecule has 0 bridgehead atoms. The van der Waals surface area contributed by atoms with Crippen LogP contribution in [0.4, 0.5) is 0 Å². The van der Waals surface area contributed by atoms with Gasteiger partial charge in [-0.3, -0.25) is 0 Å². The maximum Gasteiger partial charge on any atom is 0.283 e. The molecule has 24 heavy (non-hydrogen) atoms. The summed E-state index contributed by atoms with van der Waals surface area (Å²) in [7, 11) is 0. The van der Waals surface area contributed by atoms with Crippen molar-refractivity contribution in [1.29, 1.82) is 0 Å². The van der Waals surface area contributed by atoms with E-state index in [1.807, 2.05) is 12.1 Å². The summed E-state index contributed by atoms with van der Waals surface area (Å²) in [4.78, 5) is 4.76. The third-order valence-electron chi connectivity index (χ3n) is 5.65. The molecule has 128 valence electrons. The molecule has 2 N–H and O–H groups in total. The Morgan fingerprint density at radius 3 is 2.83 bits per heavy atom. The van der Waals surface area contributed by atoms with Gasteiger partial charge >= 0.3 is 0 Å². The molecule has 1 aliphatic carbocycles. The number of nitrogens with two attached hydrogens (primary N) is 1. The van der Waals surface area contributed by atoms with Gasteiger partial charge in [0.05, 0.1) is 13.2 Å². The summed E-state index contributed by atoms with van der Waals surface area (Å²) >= 11 is 3.56. The third-order valence-corrected chi connectivity index (χ3v) is 6.15. The number of nitrogens with zero attached hydrogens (tertiary/aromatic N) is 1. The van der Waals surface area contributed by atoms with Crippen molar-refractivity contribution in [3.63, 3.8) is 0 Å². The number of benzene rings is 1. The van der Waals surface area contributed by atoms with Crippen molar-refractivity contribution in [3.8, 4) is 5.75 Å². The van der Waals surface area contributed by atoms with E-state index in [2.05, 4.69) is 22.0 Å². The van der Waals surface area contributed by atoms with Crippen molar-refractivity contribution >= 4 is 22.0 Å². The van der Waals surface area contributed by atoms with Crippen molar-refractivity contribution in [3.05, 3.63) is 28.2 Å². The van der Waals surface area contributed by atoms with Crippen LogP contribution in [0.1, 0.15) is 24.8 Å². The number of halogens is 1. The number of ether oxygens (including phenoxy) is 4. The van der Waals surface area contributed by atoms with Crippen molar-refractivity contribution in [2.24, 2.45) is 16.6 Å². The highest BCUT2D eigenvalue weighted by molar-refractivity contribution is 9.10. The van der Waals surface area contributed by atoms with E-state index in [1.54, 1.807) is 0 Å². The maximum absolute atomic E-state index is 6.32. The Hall–Kier alpha value is -1.31. The van der Waals surface area contributed by atoms with Crippen LogP contribution in [0, 0.1) is 5.92 Å². The minimum absolute atomic E-state index is 0.0651. The fourth-order valence-corrected chi connectivity index (χ4v) is 4.95. The number of amidine groups is 1. The lowest BCUT2D eigenvalue weighted by Crippen LogP contribution is -2.55. The molecular formula is C17H19BrN2O4. The molecule has 6 nitrogen and oxygen atoms in total. The molecule has 5 rings (SSSR count). The van der Waals surface area contributed by atoms with Gasteiger partial charge in [0.1, 0.15) is 24.0 Å². The van der Waals surface area contributed by atoms with Gasteiger partial charge < -0.3 is 24.7 Å². The molecule has 7 heteroatoms. The molecule has 2 fully saturated rings.